The van der Waals surface area contributed by atoms with E-state index >= 15 is 0 Å². The van der Waals surface area contributed by atoms with Crippen LogP contribution in [0.25, 0.3) is 0 Å². The largest absolute Gasteiger partial charge is 0.329 e. The summed E-state index contributed by atoms with van der Waals surface area (Å²) in [6, 6.07) is 8.14. The van der Waals surface area contributed by atoms with E-state index in [1.165, 1.54) is 17.3 Å². The number of benzene rings is 1. The van der Waals surface area contributed by atoms with Crippen LogP contribution in [-0.2, 0) is 18.3 Å². The summed E-state index contributed by atoms with van der Waals surface area (Å²) in [7, 11) is 1.94. The molecule has 1 amide bonds. The van der Waals surface area contributed by atoms with E-state index in [0.29, 0.717) is 0 Å². The first-order valence-corrected chi connectivity index (χ1v) is 7.58. The number of fused-ring (bicyclic) bond motifs is 1. The molecule has 2 heterocycles. The van der Waals surface area contributed by atoms with Crippen LogP contribution in [0.2, 0.25) is 0 Å². The molecular formula is C15H17N3OS. The third-order valence-electron chi connectivity index (χ3n) is 3.56. The van der Waals surface area contributed by atoms with Crippen LogP contribution in [0.15, 0.2) is 41.8 Å². The number of hydrogen-bond donors (Lipinski definition) is 0. The topological polar surface area (TPSA) is 38.1 Å². The molecule has 1 atom stereocenters. The number of aryl methyl sites for hydroxylation is 1. The highest BCUT2D eigenvalue weighted by molar-refractivity contribution is 8.00. The second-order valence-electron chi connectivity index (χ2n) is 4.95. The summed E-state index contributed by atoms with van der Waals surface area (Å²) in [4.78, 5) is 18.8. The fourth-order valence-electron chi connectivity index (χ4n) is 2.46. The first-order chi connectivity index (χ1) is 9.66. The second kappa shape index (κ2) is 5.32. The number of carbonyl (C=O) groups excluding carboxylic acids is 1. The minimum atomic E-state index is -0.137. The summed E-state index contributed by atoms with van der Waals surface area (Å²) in [6.45, 7) is 2.73. The zero-order valence-corrected chi connectivity index (χ0v) is 12.4. The quantitative estimate of drug-likeness (QED) is 0.814. The number of amides is 1. The number of carbonyl (C=O) groups is 1. The fourth-order valence-corrected chi connectivity index (χ4v) is 3.35. The maximum absolute atomic E-state index is 12.6. The number of imidazole rings is 1. The summed E-state index contributed by atoms with van der Waals surface area (Å²) in [5.41, 5.74) is 2.32. The molecular weight excluding hydrogens is 270 g/mol. The SMILES string of the molecule is C[C@@H](Sc1nccn1C)C(=O)N1CCc2ccccc21. The van der Waals surface area contributed by atoms with Crippen molar-refractivity contribution in [3.8, 4) is 0 Å². The van der Waals surface area contributed by atoms with Crippen LogP contribution in [0.4, 0.5) is 5.69 Å². The summed E-state index contributed by atoms with van der Waals surface area (Å²) in [6.07, 6.45) is 4.59. The van der Waals surface area contributed by atoms with Gasteiger partial charge in [-0.2, -0.15) is 0 Å². The summed E-state index contributed by atoms with van der Waals surface area (Å²) < 4.78 is 1.94. The normalized spacial score (nSPS) is 15.2. The number of aromatic nitrogens is 2. The average Bonchev–Trinajstić information content (AvgIpc) is 3.05. The molecule has 0 unspecified atom stereocenters. The van der Waals surface area contributed by atoms with Gasteiger partial charge in [-0.05, 0) is 25.0 Å². The van der Waals surface area contributed by atoms with Gasteiger partial charge in [0, 0.05) is 31.7 Å². The molecule has 1 aromatic carbocycles. The van der Waals surface area contributed by atoms with Gasteiger partial charge in [0.05, 0.1) is 5.25 Å². The number of rotatable bonds is 3. The molecule has 1 aliphatic heterocycles. The van der Waals surface area contributed by atoms with Gasteiger partial charge in [0.15, 0.2) is 5.16 Å². The Morgan fingerprint density at radius 2 is 2.20 bits per heavy atom. The second-order valence-corrected chi connectivity index (χ2v) is 6.26. The molecule has 0 saturated carbocycles. The Morgan fingerprint density at radius 3 is 2.95 bits per heavy atom. The molecule has 0 radical (unpaired) electrons. The van der Waals surface area contributed by atoms with Crippen LogP contribution in [0, 0.1) is 0 Å². The molecule has 0 N–H and O–H groups in total. The van der Waals surface area contributed by atoms with Gasteiger partial charge < -0.3 is 9.47 Å². The lowest BCUT2D eigenvalue weighted by molar-refractivity contribution is -0.117. The van der Waals surface area contributed by atoms with Crippen molar-refractivity contribution in [1.29, 1.82) is 0 Å². The minimum absolute atomic E-state index is 0.137. The first-order valence-electron chi connectivity index (χ1n) is 6.70. The third-order valence-corrected chi connectivity index (χ3v) is 4.72. The predicted octanol–water partition coefficient (Wildman–Crippen LogP) is 2.49. The minimum Gasteiger partial charge on any atom is -0.329 e. The lowest BCUT2D eigenvalue weighted by Gasteiger charge is -2.21. The molecule has 0 saturated heterocycles. The maximum atomic E-state index is 12.6. The van der Waals surface area contributed by atoms with Crippen molar-refractivity contribution in [2.75, 3.05) is 11.4 Å². The third kappa shape index (κ3) is 2.33. The highest BCUT2D eigenvalue weighted by Crippen LogP contribution is 2.30. The van der Waals surface area contributed by atoms with E-state index in [1.807, 2.05) is 47.8 Å². The smallest absolute Gasteiger partial charge is 0.240 e. The Bertz CT molecular complexity index is 638. The highest BCUT2D eigenvalue weighted by Gasteiger charge is 2.28. The van der Waals surface area contributed by atoms with Crippen molar-refractivity contribution in [2.24, 2.45) is 7.05 Å². The molecule has 0 spiro atoms. The molecule has 4 nitrogen and oxygen atoms in total. The number of para-hydroxylation sites is 1. The molecule has 0 aliphatic carbocycles. The Labute approximate surface area is 122 Å². The van der Waals surface area contributed by atoms with Crippen LogP contribution >= 0.6 is 11.8 Å². The van der Waals surface area contributed by atoms with Gasteiger partial charge in [0.2, 0.25) is 5.91 Å². The molecule has 0 fully saturated rings. The van der Waals surface area contributed by atoms with E-state index in [1.54, 1.807) is 6.20 Å². The van der Waals surface area contributed by atoms with Crippen LogP contribution in [0.1, 0.15) is 12.5 Å². The Hall–Kier alpha value is -1.75. The van der Waals surface area contributed by atoms with E-state index < -0.39 is 0 Å². The van der Waals surface area contributed by atoms with E-state index in [-0.39, 0.29) is 11.2 Å². The Balaban J connectivity index is 1.75. The molecule has 1 aromatic heterocycles. The standard InChI is InChI=1S/C15H17N3OS/c1-11(20-15-16-8-10-17(15)2)14(19)18-9-7-12-5-3-4-6-13(12)18/h3-6,8,10-11H,7,9H2,1-2H3/t11-/m1/s1. The first kappa shape index (κ1) is 13.2. The van der Waals surface area contributed by atoms with Crippen LogP contribution in [0.3, 0.4) is 0 Å². The van der Waals surface area contributed by atoms with E-state index in [0.717, 1.165) is 23.8 Å². The van der Waals surface area contributed by atoms with E-state index in [9.17, 15) is 4.79 Å². The van der Waals surface area contributed by atoms with Gasteiger partial charge >= 0.3 is 0 Å². The van der Waals surface area contributed by atoms with Crippen molar-refractivity contribution in [3.05, 3.63) is 42.2 Å². The fraction of sp³-hybridized carbons (Fsp3) is 0.333. The zero-order valence-electron chi connectivity index (χ0n) is 11.6. The predicted molar refractivity (Wildman–Crippen MR) is 81.0 cm³/mol. The van der Waals surface area contributed by atoms with Crippen molar-refractivity contribution in [2.45, 2.75) is 23.8 Å². The van der Waals surface area contributed by atoms with Gasteiger partial charge in [-0.1, -0.05) is 30.0 Å². The Morgan fingerprint density at radius 1 is 1.40 bits per heavy atom. The van der Waals surface area contributed by atoms with Gasteiger partial charge in [-0.25, -0.2) is 4.98 Å². The summed E-state index contributed by atoms with van der Waals surface area (Å²) >= 11 is 1.51. The van der Waals surface area contributed by atoms with Crippen molar-refractivity contribution in [3.63, 3.8) is 0 Å². The van der Waals surface area contributed by atoms with Crippen LogP contribution in [0.5, 0.6) is 0 Å². The molecule has 5 heteroatoms. The van der Waals surface area contributed by atoms with Crippen LogP contribution < -0.4 is 4.90 Å². The highest BCUT2D eigenvalue weighted by atomic mass is 32.2. The molecule has 104 valence electrons. The summed E-state index contributed by atoms with van der Waals surface area (Å²) in [5, 5.41) is 0.737. The lowest BCUT2D eigenvalue weighted by Crippen LogP contribution is -2.35. The Kier molecular flexibility index (Phi) is 3.53. The molecule has 0 bridgehead atoms. The van der Waals surface area contributed by atoms with E-state index in [2.05, 4.69) is 11.1 Å². The van der Waals surface area contributed by atoms with Gasteiger partial charge in [-0.15, -0.1) is 0 Å². The number of nitrogens with zero attached hydrogens (tertiary/aromatic N) is 3. The van der Waals surface area contributed by atoms with Crippen molar-refractivity contribution < 1.29 is 4.79 Å². The number of anilines is 1. The van der Waals surface area contributed by atoms with Gasteiger partial charge in [0.1, 0.15) is 0 Å². The molecule has 1 aliphatic rings. The van der Waals surface area contributed by atoms with Crippen molar-refractivity contribution >= 4 is 23.4 Å². The van der Waals surface area contributed by atoms with Crippen molar-refractivity contribution in [1.82, 2.24) is 9.55 Å². The van der Waals surface area contributed by atoms with E-state index in [4.69, 9.17) is 0 Å². The summed E-state index contributed by atoms with van der Waals surface area (Å²) in [5.74, 6) is 0.156. The monoisotopic (exact) mass is 287 g/mol. The zero-order chi connectivity index (χ0) is 14.1. The van der Waals surface area contributed by atoms with Gasteiger partial charge in [0.25, 0.3) is 0 Å². The molecule has 3 rings (SSSR count). The number of hydrogen-bond acceptors (Lipinski definition) is 3. The van der Waals surface area contributed by atoms with Gasteiger partial charge in [-0.3, -0.25) is 4.79 Å². The lowest BCUT2D eigenvalue weighted by atomic mass is 10.2. The van der Waals surface area contributed by atoms with Crippen LogP contribution in [-0.4, -0.2) is 27.3 Å². The average molecular weight is 287 g/mol. The number of thioether (sulfide) groups is 1. The maximum Gasteiger partial charge on any atom is 0.240 e. The molecule has 20 heavy (non-hydrogen) atoms. The molecule has 2 aromatic rings.